The van der Waals surface area contributed by atoms with Gasteiger partial charge in [0, 0.05) is 59.7 Å². The molecule has 0 aliphatic heterocycles. The van der Waals surface area contributed by atoms with Crippen LogP contribution in [0, 0.1) is 12.1 Å². The van der Waals surface area contributed by atoms with Gasteiger partial charge in [-0.15, -0.1) is 12.1 Å². The molecule has 5 aromatic heterocycles. The molecule has 7 heteroatoms. The van der Waals surface area contributed by atoms with Crippen molar-refractivity contribution < 1.29 is 25.8 Å². The van der Waals surface area contributed by atoms with Crippen LogP contribution < -0.4 is 4.74 Å². The van der Waals surface area contributed by atoms with Crippen LogP contribution in [0.2, 0.25) is 0 Å². The Morgan fingerprint density at radius 2 is 1.21 bits per heavy atom. The predicted molar refractivity (Wildman–Crippen MR) is 190 cm³/mol. The van der Waals surface area contributed by atoms with Crippen molar-refractivity contribution in [1.29, 1.82) is 0 Å². The Morgan fingerprint density at radius 1 is 0.625 bits per heavy atom. The Balaban J connectivity index is 0.00000336. The van der Waals surface area contributed by atoms with Gasteiger partial charge in [-0.2, -0.15) is 0 Å². The molecular weight excluding hydrogens is 774 g/mol. The molecule has 9 rings (SSSR count). The maximum absolute atomic E-state index is 6.42. The topological polar surface area (TPSA) is 56.7 Å². The van der Waals surface area contributed by atoms with Crippen molar-refractivity contribution in [3.63, 3.8) is 0 Å². The van der Waals surface area contributed by atoms with Crippen molar-refractivity contribution in [2.75, 3.05) is 0 Å². The number of aromatic nitrogens is 5. The summed E-state index contributed by atoms with van der Waals surface area (Å²) in [4.78, 5) is 13.8. The predicted octanol–water partition coefficient (Wildman–Crippen LogP) is 10.3. The molecule has 9 aromatic rings. The van der Waals surface area contributed by atoms with Crippen LogP contribution in [0.3, 0.4) is 0 Å². The summed E-state index contributed by atoms with van der Waals surface area (Å²) in [6.45, 7) is 9.09. The number of fused-ring (bicyclic) bond motifs is 12. The van der Waals surface area contributed by atoms with Crippen LogP contribution in [-0.2, 0) is 21.1 Å². The number of hydrogen-bond acceptors (Lipinski definition) is 4. The number of benzene rings is 4. The number of pyridine rings is 3. The Labute approximate surface area is 292 Å². The molecule has 48 heavy (non-hydrogen) atoms. The SMILES string of the molecule is CC(C)c1cccc(C(C)C)c1-c1ccc2c3ccc(Oc4[c-]c5c(cc4)c4cnccc4n4ccnc54)[c-]c3c3nccn3c2c1.[Pt+2]. The third-order valence-corrected chi connectivity index (χ3v) is 9.34. The average molecular weight is 805 g/mol. The van der Waals surface area contributed by atoms with Crippen LogP contribution in [0.25, 0.3) is 65.8 Å². The fourth-order valence-corrected chi connectivity index (χ4v) is 7.16. The van der Waals surface area contributed by atoms with E-state index in [4.69, 9.17) is 9.72 Å². The zero-order valence-electron chi connectivity index (χ0n) is 26.9. The summed E-state index contributed by atoms with van der Waals surface area (Å²) >= 11 is 0. The molecule has 6 nitrogen and oxygen atoms in total. The minimum Gasteiger partial charge on any atom is -0.497 e. The Bertz CT molecular complexity index is 2660. The summed E-state index contributed by atoms with van der Waals surface area (Å²) in [5.74, 6) is 2.03. The third kappa shape index (κ3) is 4.62. The largest absolute Gasteiger partial charge is 2.00 e. The van der Waals surface area contributed by atoms with Gasteiger partial charge in [0.05, 0.1) is 11.3 Å². The van der Waals surface area contributed by atoms with Gasteiger partial charge in [-0.3, -0.25) is 15.0 Å². The summed E-state index contributed by atoms with van der Waals surface area (Å²) < 4.78 is 10.7. The van der Waals surface area contributed by atoms with Gasteiger partial charge in [0.1, 0.15) is 0 Å². The third-order valence-electron chi connectivity index (χ3n) is 9.34. The van der Waals surface area contributed by atoms with E-state index in [1.165, 1.54) is 22.3 Å². The summed E-state index contributed by atoms with van der Waals surface area (Å²) in [7, 11) is 0. The molecule has 236 valence electrons. The molecule has 0 aliphatic carbocycles. The van der Waals surface area contributed by atoms with Crippen molar-refractivity contribution in [3.8, 4) is 22.6 Å². The molecular formula is C41H31N5OPt. The van der Waals surface area contributed by atoms with Crippen molar-refractivity contribution >= 4 is 54.6 Å². The van der Waals surface area contributed by atoms with Gasteiger partial charge in [0.15, 0.2) is 0 Å². The minimum absolute atomic E-state index is 0. The van der Waals surface area contributed by atoms with E-state index in [0.717, 1.165) is 54.6 Å². The van der Waals surface area contributed by atoms with Crippen LogP contribution in [0.1, 0.15) is 50.7 Å². The monoisotopic (exact) mass is 804 g/mol. The number of rotatable bonds is 5. The molecule has 0 aliphatic rings. The van der Waals surface area contributed by atoms with Crippen molar-refractivity contribution in [1.82, 2.24) is 23.8 Å². The van der Waals surface area contributed by atoms with Gasteiger partial charge in [-0.25, -0.2) is 0 Å². The second kappa shape index (κ2) is 11.6. The van der Waals surface area contributed by atoms with E-state index in [1.807, 2.05) is 49.2 Å². The van der Waals surface area contributed by atoms with Crippen LogP contribution in [0.15, 0.2) is 104 Å². The average Bonchev–Trinajstić information content (AvgIpc) is 3.79. The summed E-state index contributed by atoms with van der Waals surface area (Å²) in [6.07, 6.45) is 11.4. The molecule has 0 fully saturated rings. The van der Waals surface area contributed by atoms with Crippen LogP contribution >= 0.6 is 0 Å². The molecule has 0 spiro atoms. The number of hydrogen-bond donors (Lipinski definition) is 0. The van der Waals surface area contributed by atoms with E-state index in [1.54, 1.807) is 6.20 Å². The zero-order chi connectivity index (χ0) is 31.8. The van der Waals surface area contributed by atoms with Gasteiger partial charge in [0.25, 0.3) is 0 Å². The van der Waals surface area contributed by atoms with Gasteiger partial charge >= 0.3 is 21.1 Å². The molecule has 0 amide bonds. The first-order valence-electron chi connectivity index (χ1n) is 16.1. The first-order valence-corrected chi connectivity index (χ1v) is 16.1. The van der Waals surface area contributed by atoms with Crippen LogP contribution in [0.4, 0.5) is 0 Å². The second-order valence-corrected chi connectivity index (χ2v) is 12.8. The van der Waals surface area contributed by atoms with E-state index >= 15 is 0 Å². The number of nitrogens with zero attached hydrogens (tertiary/aromatic N) is 5. The van der Waals surface area contributed by atoms with E-state index in [0.29, 0.717) is 23.3 Å². The van der Waals surface area contributed by atoms with Crippen molar-refractivity contribution in [3.05, 3.63) is 127 Å². The quantitative estimate of drug-likeness (QED) is 0.128. The summed E-state index contributed by atoms with van der Waals surface area (Å²) in [5, 5.41) is 6.09. The Kier molecular flexibility index (Phi) is 7.30. The maximum Gasteiger partial charge on any atom is 2.00 e. The summed E-state index contributed by atoms with van der Waals surface area (Å²) in [5.41, 5.74) is 9.15. The molecule has 0 saturated carbocycles. The van der Waals surface area contributed by atoms with Crippen molar-refractivity contribution in [2.45, 2.75) is 39.5 Å². The number of ether oxygens (including phenoxy) is 1. The molecule has 0 atom stereocenters. The number of imidazole rings is 2. The van der Waals surface area contributed by atoms with Crippen LogP contribution in [-0.4, -0.2) is 23.8 Å². The fourth-order valence-electron chi connectivity index (χ4n) is 7.16. The molecule has 5 heterocycles. The maximum atomic E-state index is 6.42. The zero-order valence-corrected chi connectivity index (χ0v) is 29.2. The smallest absolute Gasteiger partial charge is 0.497 e. The molecule has 0 N–H and O–H groups in total. The van der Waals surface area contributed by atoms with Gasteiger partial charge in [0.2, 0.25) is 0 Å². The first kappa shape index (κ1) is 30.3. The fraction of sp³-hybridized carbons (Fsp3) is 0.146. The first-order chi connectivity index (χ1) is 23.0. The molecule has 0 saturated heterocycles. The Morgan fingerprint density at radius 3 is 1.83 bits per heavy atom. The molecule has 0 radical (unpaired) electrons. The Hall–Kier alpha value is -5.06. The molecule has 0 unspecified atom stereocenters. The van der Waals surface area contributed by atoms with Gasteiger partial charge in [-0.05, 0) is 57.0 Å². The van der Waals surface area contributed by atoms with Gasteiger partial charge in [-0.1, -0.05) is 104 Å². The van der Waals surface area contributed by atoms with E-state index in [-0.39, 0.29) is 21.1 Å². The normalized spacial score (nSPS) is 12.0. The summed E-state index contributed by atoms with van der Waals surface area (Å²) in [6, 6.07) is 30.7. The minimum atomic E-state index is 0. The van der Waals surface area contributed by atoms with Crippen LogP contribution in [0.5, 0.6) is 11.5 Å². The van der Waals surface area contributed by atoms with E-state index in [2.05, 4.69) is 107 Å². The molecule has 4 aromatic carbocycles. The van der Waals surface area contributed by atoms with E-state index < -0.39 is 0 Å². The molecule has 0 bridgehead atoms. The van der Waals surface area contributed by atoms with E-state index in [9.17, 15) is 0 Å². The van der Waals surface area contributed by atoms with Crippen molar-refractivity contribution in [2.24, 2.45) is 0 Å². The second-order valence-electron chi connectivity index (χ2n) is 12.8. The van der Waals surface area contributed by atoms with Gasteiger partial charge < -0.3 is 13.5 Å². The standard InChI is InChI=1S/C41H31N5O.Pt/c1-24(2)29-6-5-7-30(25(3)4)39(29)26-8-11-33-31-12-9-27(21-34(31)41-44-17-19-46(41)38(33)20-26)47-28-10-13-32-35(22-28)40-43-16-18-45(40)37-14-15-42-23-36(32)37;/h5-20,23-25H,1-4H3;/q-2;+2.